The summed E-state index contributed by atoms with van der Waals surface area (Å²) in [7, 11) is 0. The van der Waals surface area contributed by atoms with Gasteiger partial charge in [0.1, 0.15) is 11.6 Å². The van der Waals surface area contributed by atoms with E-state index >= 15 is 0 Å². The van der Waals surface area contributed by atoms with Crippen LogP contribution in [0.4, 0.5) is 10.2 Å². The van der Waals surface area contributed by atoms with Gasteiger partial charge >= 0.3 is 0 Å². The molecule has 1 atom stereocenters. The number of nitrogen functional groups attached to an aromatic ring is 1. The Hall–Kier alpha value is -1.65. The molecule has 1 heterocycles. The van der Waals surface area contributed by atoms with Crippen molar-refractivity contribution >= 4 is 11.7 Å². The number of nitrogens with two attached hydrogens (primary N) is 1. The Morgan fingerprint density at radius 2 is 2.38 bits per heavy atom. The summed E-state index contributed by atoms with van der Waals surface area (Å²) in [4.78, 5) is 15.4. The number of nitrogens with zero attached hydrogens (tertiary/aromatic N) is 1. The van der Waals surface area contributed by atoms with Crippen molar-refractivity contribution in [2.45, 2.75) is 25.8 Å². The Labute approximate surface area is 93.1 Å². The molecule has 1 fully saturated rings. The minimum atomic E-state index is -0.557. The van der Waals surface area contributed by atoms with Crippen LogP contribution in [0.1, 0.15) is 30.1 Å². The Bertz CT molecular complexity index is 418. The number of rotatable bonds is 3. The number of halogens is 1. The molecule has 1 saturated carbocycles. The molecular weight excluding hydrogens is 209 g/mol. The normalized spacial score (nSPS) is 16.9. The van der Waals surface area contributed by atoms with Crippen LogP contribution in [0.25, 0.3) is 0 Å². The molecule has 1 aromatic rings. The van der Waals surface area contributed by atoms with E-state index < -0.39 is 5.82 Å². The average molecular weight is 223 g/mol. The number of hydrogen-bond donors (Lipinski definition) is 2. The summed E-state index contributed by atoms with van der Waals surface area (Å²) in [6.45, 7) is 1.94. The molecule has 86 valence electrons. The first-order valence-electron chi connectivity index (χ1n) is 5.30. The lowest BCUT2D eigenvalue weighted by Gasteiger charge is -2.13. The predicted octanol–water partition coefficient (Wildman–Crippen LogP) is 1.33. The lowest BCUT2D eigenvalue weighted by Crippen LogP contribution is -2.34. The number of amides is 1. The minimum Gasteiger partial charge on any atom is -0.383 e. The number of aromatic nitrogens is 1. The quantitative estimate of drug-likeness (QED) is 0.812. The number of anilines is 1. The zero-order valence-electron chi connectivity index (χ0n) is 9.03. The number of pyridine rings is 1. The predicted molar refractivity (Wildman–Crippen MR) is 58.3 cm³/mol. The number of hydrogen-bond acceptors (Lipinski definition) is 3. The molecule has 4 nitrogen and oxygen atoms in total. The maximum atomic E-state index is 12.9. The van der Waals surface area contributed by atoms with Crippen LogP contribution in [-0.2, 0) is 0 Å². The van der Waals surface area contributed by atoms with Crippen molar-refractivity contribution in [1.29, 1.82) is 0 Å². The molecule has 1 amide bonds. The Morgan fingerprint density at radius 1 is 1.69 bits per heavy atom. The highest BCUT2D eigenvalue weighted by molar-refractivity contribution is 5.98. The van der Waals surface area contributed by atoms with Gasteiger partial charge in [0.2, 0.25) is 0 Å². The maximum absolute atomic E-state index is 12.9. The van der Waals surface area contributed by atoms with E-state index in [4.69, 9.17) is 5.73 Å². The molecule has 16 heavy (non-hydrogen) atoms. The molecule has 5 heteroatoms. The molecule has 0 aromatic carbocycles. The van der Waals surface area contributed by atoms with Gasteiger partial charge in [0.05, 0.1) is 11.8 Å². The summed E-state index contributed by atoms with van der Waals surface area (Å²) in [6, 6.07) is 1.22. The third kappa shape index (κ3) is 2.29. The molecule has 0 saturated heterocycles. The molecule has 0 spiro atoms. The average Bonchev–Trinajstić information content (AvgIpc) is 3.04. The van der Waals surface area contributed by atoms with E-state index in [2.05, 4.69) is 10.3 Å². The van der Waals surface area contributed by atoms with Gasteiger partial charge < -0.3 is 11.1 Å². The fourth-order valence-corrected chi connectivity index (χ4v) is 1.63. The Morgan fingerprint density at radius 3 is 3.00 bits per heavy atom. The second kappa shape index (κ2) is 4.08. The second-order valence-electron chi connectivity index (χ2n) is 4.19. The molecule has 0 radical (unpaired) electrons. The number of carbonyl (C=O) groups is 1. The van der Waals surface area contributed by atoms with E-state index in [1.54, 1.807) is 0 Å². The van der Waals surface area contributed by atoms with Gasteiger partial charge in [-0.3, -0.25) is 4.79 Å². The summed E-state index contributed by atoms with van der Waals surface area (Å²) in [6.07, 6.45) is 3.27. The first kappa shape index (κ1) is 10.9. The first-order chi connectivity index (χ1) is 7.58. The van der Waals surface area contributed by atoms with Crippen LogP contribution >= 0.6 is 0 Å². The van der Waals surface area contributed by atoms with Gasteiger partial charge in [0.15, 0.2) is 0 Å². The largest absolute Gasteiger partial charge is 0.383 e. The fraction of sp³-hybridized carbons (Fsp3) is 0.455. The van der Waals surface area contributed by atoms with Gasteiger partial charge in [-0.2, -0.15) is 0 Å². The van der Waals surface area contributed by atoms with Crippen LogP contribution in [0, 0.1) is 11.7 Å². The topological polar surface area (TPSA) is 68.0 Å². The van der Waals surface area contributed by atoms with Crippen molar-refractivity contribution in [1.82, 2.24) is 10.3 Å². The SMILES string of the molecule is CC(NC(=O)c1cc(F)cnc1N)C1CC1. The van der Waals surface area contributed by atoms with Gasteiger partial charge in [-0.25, -0.2) is 9.37 Å². The highest BCUT2D eigenvalue weighted by Crippen LogP contribution is 2.32. The van der Waals surface area contributed by atoms with E-state index in [1.807, 2.05) is 6.92 Å². The molecule has 0 aliphatic heterocycles. The maximum Gasteiger partial charge on any atom is 0.255 e. The zero-order chi connectivity index (χ0) is 11.7. The molecular formula is C11H14FN3O. The molecule has 1 aliphatic carbocycles. The van der Waals surface area contributed by atoms with Crippen LogP contribution in [0.2, 0.25) is 0 Å². The van der Waals surface area contributed by atoms with Gasteiger partial charge in [0.25, 0.3) is 5.91 Å². The smallest absolute Gasteiger partial charge is 0.255 e. The van der Waals surface area contributed by atoms with E-state index in [1.165, 1.54) is 0 Å². The monoisotopic (exact) mass is 223 g/mol. The first-order valence-corrected chi connectivity index (χ1v) is 5.30. The fourth-order valence-electron chi connectivity index (χ4n) is 1.63. The van der Waals surface area contributed by atoms with Gasteiger partial charge in [-0.15, -0.1) is 0 Å². The molecule has 0 bridgehead atoms. The van der Waals surface area contributed by atoms with Crippen molar-refractivity contribution in [3.8, 4) is 0 Å². The lowest BCUT2D eigenvalue weighted by atomic mass is 10.2. The van der Waals surface area contributed by atoms with E-state index in [-0.39, 0.29) is 23.3 Å². The summed E-state index contributed by atoms with van der Waals surface area (Å²) >= 11 is 0. The van der Waals surface area contributed by atoms with Crippen molar-refractivity contribution in [2.75, 3.05) is 5.73 Å². The van der Waals surface area contributed by atoms with Crippen molar-refractivity contribution in [2.24, 2.45) is 5.92 Å². The molecule has 1 aliphatic rings. The molecule has 1 unspecified atom stereocenters. The van der Waals surface area contributed by atoms with Gasteiger partial charge in [-0.05, 0) is 31.7 Å². The molecule has 1 aromatic heterocycles. The summed E-state index contributed by atoms with van der Waals surface area (Å²) in [5, 5.41) is 2.80. The van der Waals surface area contributed by atoms with E-state index in [0.717, 1.165) is 25.1 Å². The summed E-state index contributed by atoms with van der Waals surface area (Å²) in [5.41, 5.74) is 5.62. The summed E-state index contributed by atoms with van der Waals surface area (Å²) in [5.74, 6) is -0.309. The summed E-state index contributed by atoms with van der Waals surface area (Å²) < 4.78 is 12.9. The third-order valence-electron chi connectivity index (χ3n) is 2.82. The van der Waals surface area contributed by atoms with Crippen molar-refractivity contribution < 1.29 is 9.18 Å². The minimum absolute atomic E-state index is 0.0573. The van der Waals surface area contributed by atoms with Gasteiger partial charge in [0, 0.05) is 6.04 Å². The van der Waals surface area contributed by atoms with Crippen LogP contribution < -0.4 is 11.1 Å². The van der Waals surface area contributed by atoms with Crippen LogP contribution in [0.15, 0.2) is 12.3 Å². The number of carbonyl (C=O) groups excluding carboxylic acids is 1. The Kier molecular flexibility index (Phi) is 2.77. The van der Waals surface area contributed by atoms with Crippen molar-refractivity contribution in [3.05, 3.63) is 23.6 Å². The van der Waals surface area contributed by atoms with Crippen LogP contribution in [0.5, 0.6) is 0 Å². The van der Waals surface area contributed by atoms with E-state index in [0.29, 0.717) is 5.92 Å². The molecule has 2 rings (SSSR count). The van der Waals surface area contributed by atoms with Crippen molar-refractivity contribution in [3.63, 3.8) is 0 Å². The highest BCUT2D eigenvalue weighted by Gasteiger charge is 2.29. The highest BCUT2D eigenvalue weighted by atomic mass is 19.1. The Balaban J connectivity index is 2.10. The standard InChI is InChI=1S/C11H14FN3O/c1-6(7-2-3-7)15-11(16)9-4-8(12)5-14-10(9)13/h4-7H,2-3H2,1H3,(H2,13,14)(H,15,16). The lowest BCUT2D eigenvalue weighted by molar-refractivity contribution is 0.0936. The number of nitrogens with one attached hydrogen (secondary N) is 1. The van der Waals surface area contributed by atoms with Crippen LogP contribution in [-0.4, -0.2) is 16.9 Å². The third-order valence-corrected chi connectivity index (χ3v) is 2.82. The molecule has 3 N–H and O–H groups in total. The van der Waals surface area contributed by atoms with Crippen LogP contribution in [0.3, 0.4) is 0 Å². The second-order valence-corrected chi connectivity index (χ2v) is 4.19. The van der Waals surface area contributed by atoms with E-state index in [9.17, 15) is 9.18 Å². The zero-order valence-corrected chi connectivity index (χ0v) is 9.03. The van der Waals surface area contributed by atoms with Gasteiger partial charge in [-0.1, -0.05) is 0 Å².